The fraction of sp³-hybridized carbons (Fsp3) is 0.333. The molecule has 7 nitrogen and oxygen atoms in total. The maximum absolute atomic E-state index is 12.4. The first-order valence-corrected chi connectivity index (χ1v) is 8.37. The van der Waals surface area contributed by atoms with Crippen molar-refractivity contribution in [2.75, 3.05) is 5.32 Å². The van der Waals surface area contributed by atoms with Gasteiger partial charge in [-0.3, -0.25) is 9.36 Å². The number of pyridine rings is 1. The van der Waals surface area contributed by atoms with E-state index in [4.69, 9.17) is 4.52 Å². The molecule has 0 atom stereocenters. The zero-order chi connectivity index (χ0) is 17.3. The largest absolute Gasteiger partial charge is 0.359 e. The van der Waals surface area contributed by atoms with Crippen LogP contribution in [0.3, 0.4) is 0 Å². The lowest BCUT2D eigenvalue weighted by Crippen LogP contribution is -2.15. The second kappa shape index (κ2) is 6.16. The van der Waals surface area contributed by atoms with Gasteiger partial charge in [-0.2, -0.15) is 0 Å². The van der Waals surface area contributed by atoms with E-state index in [0.29, 0.717) is 17.2 Å². The molecule has 1 saturated carbocycles. The molecule has 1 fully saturated rings. The molecule has 1 amide bonds. The van der Waals surface area contributed by atoms with Gasteiger partial charge in [-0.1, -0.05) is 24.9 Å². The highest BCUT2D eigenvalue weighted by Crippen LogP contribution is 2.41. The molecule has 0 unspecified atom stereocenters. The van der Waals surface area contributed by atoms with Crippen molar-refractivity contribution in [3.05, 3.63) is 54.4 Å². The lowest BCUT2D eigenvalue weighted by molar-refractivity contribution is 0.102. The molecular weight excluding hydrogens is 318 g/mol. The first-order valence-electron chi connectivity index (χ1n) is 8.37. The van der Waals surface area contributed by atoms with Gasteiger partial charge < -0.3 is 9.84 Å². The standard InChI is InChI=1S/C18H19N5O2/c1-18(6-2-3-7-18)14-10-15(22-25-14)21-17(24)13-4-5-16(20-11-13)23-9-8-19-12-23/h4-5,8-12H,2-3,6-7H2,1H3,(H,21,22,24). The third-order valence-corrected chi connectivity index (χ3v) is 4.83. The molecule has 0 aromatic carbocycles. The molecule has 0 spiro atoms. The maximum atomic E-state index is 12.4. The van der Waals surface area contributed by atoms with Crippen molar-refractivity contribution >= 4 is 11.7 Å². The molecular formula is C18H19N5O2. The minimum absolute atomic E-state index is 0.0317. The number of imidazole rings is 1. The van der Waals surface area contributed by atoms with Crippen molar-refractivity contribution in [1.29, 1.82) is 0 Å². The normalized spacial score (nSPS) is 16.0. The van der Waals surface area contributed by atoms with Crippen LogP contribution in [0.1, 0.15) is 48.7 Å². The Bertz CT molecular complexity index is 861. The molecule has 0 saturated heterocycles. The number of amides is 1. The predicted molar refractivity (Wildman–Crippen MR) is 91.6 cm³/mol. The van der Waals surface area contributed by atoms with Crippen molar-refractivity contribution in [3.63, 3.8) is 0 Å². The van der Waals surface area contributed by atoms with Crippen LogP contribution in [0.4, 0.5) is 5.82 Å². The first kappa shape index (κ1) is 15.6. The fourth-order valence-corrected chi connectivity index (χ4v) is 3.28. The fourth-order valence-electron chi connectivity index (χ4n) is 3.28. The third-order valence-electron chi connectivity index (χ3n) is 4.83. The number of rotatable bonds is 4. The molecule has 0 radical (unpaired) electrons. The molecule has 25 heavy (non-hydrogen) atoms. The molecule has 1 aliphatic rings. The van der Waals surface area contributed by atoms with E-state index < -0.39 is 0 Å². The van der Waals surface area contributed by atoms with Gasteiger partial charge in [0.25, 0.3) is 5.91 Å². The highest BCUT2D eigenvalue weighted by atomic mass is 16.5. The average molecular weight is 337 g/mol. The smallest absolute Gasteiger partial charge is 0.258 e. The number of nitrogens with zero attached hydrogens (tertiary/aromatic N) is 4. The van der Waals surface area contributed by atoms with Gasteiger partial charge in [0.1, 0.15) is 17.9 Å². The Hall–Kier alpha value is -2.96. The molecule has 0 aliphatic heterocycles. The van der Waals surface area contributed by atoms with E-state index in [1.807, 2.05) is 6.07 Å². The first-order chi connectivity index (χ1) is 12.1. The van der Waals surface area contributed by atoms with Gasteiger partial charge in [0.15, 0.2) is 5.82 Å². The topological polar surface area (TPSA) is 85.8 Å². The Kier molecular flexibility index (Phi) is 3.83. The Labute approximate surface area is 145 Å². The van der Waals surface area contributed by atoms with E-state index >= 15 is 0 Å². The summed E-state index contributed by atoms with van der Waals surface area (Å²) in [5.74, 6) is 1.72. The summed E-state index contributed by atoms with van der Waals surface area (Å²) < 4.78 is 7.24. The number of nitrogens with one attached hydrogen (secondary N) is 1. The van der Waals surface area contributed by atoms with Crippen LogP contribution in [0.25, 0.3) is 5.82 Å². The van der Waals surface area contributed by atoms with Crippen LogP contribution in [0.2, 0.25) is 0 Å². The lowest BCUT2D eigenvalue weighted by Gasteiger charge is -2.18. The zero-order valence-corrected chi connectivity index (χ0v) is 14.0. The number of hydrogen-bond donors (Lipinski definition) is 1. The number of carbonyl (C=O) groups is 1. The number of carbonyl (C=O) groups excluding carboxylic acids is 1. The molecule has 128 valence electrons. The van der Waals surface area contributed by atoms with Gasteiger partial charge in [0, 0.05) is 30.1 Å². The van der Waals surface area contributed by atoms with Crippen LogP contribution in [0.15, 0.2) is 47.6 Å². The maximum Gasteiger partial charge on any atom is 0.258 e. The quantitative estimate of drug-likeness (QED) is 0.789. The van der Waals surface area contributed by atoms with Crippen LogP contribution in [0.5, 0.6) is 0 Å². The molecule has 3 aromatic rings. The van der Waals surface area contributed by atoms with E-state index in [1.54, 1.807) is 35.4 Å². The summed E-state index contributed by atoms with van der Waals surface area (Å²) in [4.78, 5) is 20.6. The van der Waals surface area contributed by atoms with Crippen molar-refractivity contribution < 1.29 is 9.32 Å². The van der Waals surface area contributed by atoms with E-state index in [9.17, 15) is 4.79 Å². The van der Waals surface area contributed by atoms with Crippen molar-refractivity contribution in [1.82, 2.24) is 19.7 Å². The summed E-state index contributed by atoms with van der Waals surface area (Å²) in [6.45, 7) is 2.19. The van der Waals surface area contributed by atoms with E-state index in [1.165, 1.54) is 19.0 Å². The van der Waals surface area contributed by atoms with Crippen molar-refractivity contribution in [3.8, 4) is 5.82 Å². The number of aromatic nitrogens is 4. The molecule has 3 heterocycles. The summed E-state index contributed by atoms with van der Waals surface area (Å²) in [6.07, 6.45) is 11.2. The molecule has 3 aromatic heterocycles. The third kappa shape index (κ3) is 3.05. The van der Waals surface area contributed by atoms with Gasteiger partial charge in [-0.05, 0) is 25.0 Å². The van der Waals surface area contributed by atoms with Crippen LogP contribution >= 0.6 is 0 Å². The lowest BCUT2D eigenvalue weighted by atomic mass is 9.86. The Morgan fingerprint density at radius 2 is 2.16 bits per heavy atom. The van der Waals surface area contributed by atoms with Crippen molar-refractivity contribution in [2.24, 2.45) is 0 Å². The summed E-state index contributed by atoms with van der Waals surface area (Å²) in [6, 6.07) is 5.32. The Morgan fingerprint density at radius 3 is 2.84 bits per heavy atom. The summed E-state index contributed by atoms with van der Waals surface area (Å²) >= 11 is 0. The van der Waals surface area contributed by atoms with E-state index in [2.05, 4.69) is 27.4 Å². The monoisotopic (exact) mass is 337 g/mol. The zero-order valence-electron chi connectivity index (χ0n) is 14.0. The van der Waals surface area contributed by atoms with Crippen LogP contribution in [0, 0.1) is 0 Å². The van der Waals surface area contributed by atoms with Gasteiger partial charge in [-0.25, -0.2) is 9.97 Å². The van der Waals surface area contributed by atoms with Gasteiger partial charge in [0.2, 0.25) is 0 Å². The van der Waals surface area contributed by atoms with Gasteiger partial charge in [0.05, 0.1) is 5.56 Å². The van der Waals surface area contributed by atoms with Crippen molar-refractivity contribution in [2.45, 2.75) is 38.0 Å². The molecule has 7 heteroatoms. The Morgan fingerprint density at radius 1 is 1.32 bits per heavy atom. The van der Waals surface area contributed by atoms with E-state index in [-0.39, 0.29) is 11.3 Å². The molecule has 4 rings (SSSR count). The molecule has 1 N–H and O–H groups in total. The summed E-state index contributed by atoms with van der Waals surface area (Å²) in [5.41, 5.74) is 0.491. The molecule has 0 bridgehead atoms. The highest BCUT2D eigenvalue weighted by molar-refractivity contribution is 6.03. The number of hydrogen-bond acceptors (Lipinski definition) is 5. The summed E-state index contributed by atoms with van der Waals surface area (Å²) in [5, 5.41) is 6.76. The molecule has 1 aliphatic carbocycles. The minimum Gasteiger partial charge on any atom is -0.359 e. The SMILES string of the molecule is CC1(c2cc(NC(=O)c3ccc(-n4ccnc4)nc3)no2)CCCC1. The van der Waals surface area contributed by atoms with Gasteiger partial charge in [-0.15, -0.1) is 0 Å². The highest BCUT2D eigenvalue weighted by Gasteiger charge is 2.34. The van der Waals surface area contributed by atoms with Gasteiger partial charge >= 0.3 is 0 Å². The second-order valence-corrected chi connectivity index (χ2v) is 6.67. The average Bonchev–Trinajstić information content (AvgIpc) is 3.37. The number of anilines is 1. The Balaban J connectivity index is 1.46. The second-order valence-electron chi connectivity index (χ2n) is 6.67. The van der Waals surface area contributed by atoms with Crippen LogP contribution in [-0.2, 0) is 5.41 Å². The van der Waals surface area contributed by atoms with E-state index in [0.717, 1.165) is 18.6 Å². The minimum atomic E-state index is -0.263. The summed E-state index contributed by atoms with van der Waals surface area (Å²) in [7, 11) is 0. The van der Waals surface area contributed by atoms with Crippen LogP contribution in [-0.4, -0.2) is 25.6 Å². The predicted octanol–water partition coefficient (Wildman–Crippen LogP) is 3.34. The van der Waals surface area contributed by atoms with Crippen LogP contribution < -0.4 is 5.32 Å².